The van der Waals surface area contributed by atoms with Crippen LogP contribution in [0.1, 0.15) is 25.7 Å². The van der Waals surface area contributed by atoms with Crippen LogP contribution in [-0.4, -0.2) is 91.6 Å². The second kappa shape index (κ2) is 8.27. The minimum atomic E-state index is -0.282. The number of ether oxygens (including phenoxy) is 1. The van der Waals surface area contributed by atoms with Gasteiger partial charge in [0, 0.05) is 52.4 Å². The molecular weight excluding hydrogens is 308 g/mol. The lowest BCUT2D eigenvalue weighted by Gasteiger charge is -2.37. The topological polar surface area (TPSA) is 79.1 Å². The Morgan fingerprint density at radius 3 is 2.42 bits per heavy atom. The Morgan fingerprint density at radius 1 is 1.00 bits per heavy atom. The molecule has 3 aliphatic heterocycles. The van der Waals surface area contributed by atoms with E-state index in [9.17, 15) is 9.59 Å². The van der Waals surface area contributed by atoms with Crippen LogP contribution in [0, 0.1) is 5.92 Å². The Morgan fingerprint density at radius 2 is 1.75 bits per heavy atom. The van der Waals surface area contributed by atoms with Crippen molar-refractivity contribution in [3.63, 3.8) is 0 Å². The molecule has 0 aromatic rings. The van der Waals surface area contributed by atoms with E-state index in [0.29, 0.717) is 19.2 Å². The number of nitrogens with zero attached hydrogens (tertiary/aromatic N) is 3. The molecule has 7 heteroatoms. The number of carbonyl (C=O) groups is 2. The number of hydrogen-bond acceptors (Lipinski definition) is 5. The molecule has 24 heavy (non-hydrogen) atoms. The number of nitrogens with two attached hydrogens (primary N) is 1. The van der Waals surface area contributed by atoms with Crippen molar-refractivity contribution in [1.29, 1.82) is 0 Å². The van der Waals surface area contributed by atoms with Gasteiger partial charge in [-0.2, -0.15) is 0 Å². The maximum Gasteiger partial charge on any atom is 0.236 e. The first-order valence-electron chi connectivity index (χ1n) is 9.25. The van der Waals surface area contributed by atoms with Crippen molar-refractivity contribution in [2.45, 2.75) is 31.8 Å². The molecule has 2 atom stereocenters. The van der Waals surface area contributed by atoms with Crippen LogP contribution >= 0.6 is 0 Å². The number of piperazine rings is 1. The quantitative estimate of drug-likeness (QED) is 0.732. The molecule has 136 valence electrons. The molecule has 0 aromatic carbocycles. The zero-order valence-corrected chi connectivity index (χ0v) is 14.5. The number of piperidine rings is 1. The largest absolute Gasteiger partial charge is 0.377 e. The summed E-state index contributed by atoms with van der Waals surface area (Å²) < 4.78 is 5.70. The van der Waals surface area contributed by atoms with E-state index in [4.69, 9.17) is 10.5 Å². The highest BCUT2D eigenvalue weighted by Crippen LogP contribution is 2.17. The van der Waals surface area contributed by atoms with Gasteiger partial charge in [0.1, 0.15) is 0 Å². The minimum absolute atomic E-state index is 0.133. The van der Waals surface area contributed by atoms with Crippen molar-refractivity contribution < 1.29 is 14.3 Å². The third-order valence-corrected chi connectivity index (χ3v) is 5.49. The van der Waals surface area contributed by atoms with Crippen LogP contribution in [-0.2, 0) is 14.3 Å². The Kier molecular flexibility index (Phi) is 6.08. The SMILES string of the molecule is NC(=O)C1CCCN(C(=O)CN2CCN(CC3CCCO3)CC2)C1. The Hall–Kier alpha value is -1.18. The zero-order valence-electron chi connectivity index (χ0n) is 14.5. The van der Waals surface area contributed by atoms with E-state index < -0.39 is 0 Å². The molecule has 2 amide bonds. The van der Waals surface area contributed by atoms with E-state index in [1.165, 1.54) is 12.8 Å². The van der Waals surface area contributed by atoms with E-state index in [0.717, 1.165) is 58.7 Å². The summed E-state index contributed by atoms with van der Waals surface area (Å²) in [6, 6.07) is 0. The van der Waals surface area contributed by atoms with E-state index in [-0.39, 0.29) is 17.7 Å². The summed E-state index contributed by atoms with van der Waals surface area (Å²) in [6.07, 6.45) is 4.43. The Bertz CT molecular complexity index is 445. The second-order valence-corrected chi connectivity index (χ2v) is 7.29. The molecule has 3 fully saturated rings. The summed E-state index contributed by atoms with van der Waals surface area (Å²) in [4.78, 5) is 30.3. The average molecular weight is 338 g/mol. The maximum atomic E-state index is 12.5. The van der Waals surface area contributed by atoms with Gasteiger partial charge < -0.3 is 15.4 Å². The van der Waals surface area contributed by atoms with Crippen molar-refractivity contribution in [2.75, 3.05) is 59.0 Å². The van der Waals surface area contributed by atoms with Crippen molar-refractivity contribution in [2.24, 2.45) is 11.7 Å². The predicted octanol–water partition coefficient (Wildman–Crippen LogP) is -0.493. The third-order valence-electron chi connectivity index (χ3n) is 5.49. The van der Waals surface area contributed by atoms with Crippen LogP contribution in [0.2, 0.25) is 0 Å². The number of carbonyl (C=O) groups excluding carboxylic acids is 2. The Balaban J connectivity index is 1.39. The minimum Gasteiger partial charge on any atom is -0.377 e. The molecular formula is C17H30N4O3. The number of hydrogen-bond donors (Lipinski definition) is 1. The molecule has 0 spiro atoms. The number of rotatable bonds is 5. The first-order valence-corrected chi connectivity index (χ1v) is 9.25. The summed E-state index contributed by atoms with van der Waals surface area (Å²) in [5.74, 6) is -0.324. The standard InChI is InChI=1S/C17H30N4O3/c18-17(23)14-3-1-5-21(11-14)16(22)13-20-8-6-19(7-9-20)12-15-4-2-10-24-15/h14-15H,1-13H2,(H2,18,23). The lowest BCUT2D eigenvalue weighted by atomic mass is 9.97. The highest BCUT2D eigenvalue weighted by Gasteiger charge is 2.29. The van der Waals surface area contributed by atoms with Crippen LogP contribution in [0.4, 0.5) is 0 Å². The van der Waals surface area contributed by atoms with E-state index in [1.807, 2.05) is 4.90 Å². The fourth-order valence-corrected chi connectivity index (χ4v) is 3.93. The summed E-state index contributed by atoms with van der Waals surface area (Å²) >= 11 is 0. The fourth-order valence-electron chi connectivity index (χ4n) is 3.93. The van der Waals surface area contributed by atoms with E-state index in [1.54, 1.807) is 0 Å². The molecule has 2 unspecified atom stereocenters. The van der Waals surface area contributed by atoms with Crippen LogP contribution < -0.4 is 5.73 Å². The van der Waals surface area contributed by atoms with E-state index >= 15 is 0 Å². The van der Waals surface area contributed by atoms with Gasteiger partial charge in [-0.15, -0.1) is 0 Å². The maximum absolute atomic E-state index is 12.5. The third kappa shape index (κ3) is 4.68. The molecule has 0 aromatic heterocycles. The van der Waals surface area contributed by atoms with Crippen LogP contribution in [0.15, 0.2) is 0 Å². The van der Waals surface area contributed by atoms with Crippen molar-refractivity contribution in [1.82, 2.24) is 14.7 Å². The fraction of sp³-hybridized carbons (Fsp3) is 0.882. The predicted molar refractivity (Wildman–Crippen MR) is 90.4 cm³/mol. The molecule has 7 nitrogen and oxygen atoms in total. The van der Waals surface area contributed by atoms with Gasteiger partial charge >= 0.3 is 0 Å². The van der Waals surface area contributed by atoms with Gasteiger partial charge in [0.05, 0.1) is 18.6 Å². The summed E-state index contributed by atoms with van der Waals surface area (Å²) in [5.41, 5.74) is 5.39. The van der Waals surface area contributed by atoms with Gasteiger partial charge in [0.15, 0.2) is 0 Å². The second-order valence-electron chi connectivity index (χ2n) is 7.29. The van der Waals surface area contributed by atoms with Gasteiger partial charge in [0.2, 0.25) is 11.8 Å². The van der Waals surface area contributed by atoms with Crippen LogP contribution in [0.5, 0.6) is 0 Å². The van der Waals surface area contributed by atoms with Gasteiger partial charge in [-0.3, -0.25) is 19.4 Å². The summed E-state index contributed by atoms with van der Waals surface area (Å²) in [7, 11) is 0. The van der Waals surface area contributed by atoms with Crippen molar-refractivity contribution in [3.8, 4) is 0 Å². The summed E-state index contributed by atoms with van der Waals surface area (Å²) in [5, 5.41) is 0. The molecule has 3 rings (SSSR count). The molecule has 0 saturated carbocycles. The van der Waals surface area contributed by atoms with Crippen molar-refractivity contribution >= 4 is 11.8 Å². The molecule has 3 heterocycles. The van der Waals surface area contributed by atoms with Gasteiger partial charge in [0.25, 0.3) is 0 Å². The number of likely N-dealkylation sites (tertiary alicyclic amines) is 1. The lowest BCUT2D eigenvalue weighted by molar-refractivity contribution is -0.136. The van der Waals surface area contributed by atoms with E-state index in [2.05, 4.69) is 9.80 Å². The van der Waals surface area contributed by atoms with Gasteiger partial charge in [-0.05, 0) is 25.7 Å². The highest BCUT2D eigenvalue weighted by molar-refractivity contribution is 5.81. The number of primary amides is 1. The van der Waals surface area contributed by atoms with Crippen LogP contribution in [0.3, 0.4) is 0 Å². The van der Waals surface area contributed by atoms with Gasteiger partial charge in [-0.1, -0.05) is 0 Å². The smallest absolute Gasteiger partial charge is 0.236 e. The normalized spacial score (nSPS) is 29.8. The molecule has 0 aliphatic carbocycles. The Labute approximate surface area is 144 Å². The first-order chi connectivity index (χ1) is 11.6. The summed E-state index contributed by atoms with van der Waals surface area (Å²) in [6.45, 7) is 7.47. The lowest BCUT2D eigenvalue weighted by Crippen LogP contribution is -2.52. The van der Waals surface area contributed by atoms with Gasteiger partial charge in [-0.25, -0.2) is 0 Å². The average Bonchev–Trinajstić information content (AvgIpc) is 3.10. The zero-order chi connectivity index (χ0) is 16.9. The molecule has 3 aliphatic rings. The first kappa shape index (κ1) is 17.6. The van der Waals surface area contributed by atoms with Crippen LogP contribution in [0.25, 0.3) is 0 Å². The highest BCUT2D eigenvalue weighted by atomic mass is 16.5. The monoisotopic (exact) mass is 338 g/mol. The van der Waals surface area contributed by atoms with Crippen molar-refractivity contribution in [3.05, 3.63) is 0 Å². The number of amides is 2. The molecule has 2 N–H and O–H groups in total. The molecule has 0 radical (unpaired) electrons. The molecule has 0 bridgehead atoms. The molecule has 3 saturated heterocycles.